The Kier molecular flexibility index (Phi) is 6.47. The van der Waals surface area contributed by atoms with Gasteiger partial charge in [0.25, 0.3) is 0 Å². The summed E-state index contributed by atoms with van der Waals surface area (Å²) in [7, 11) is 3.05. The lowest BCUT2D eigenvalue weighted by Crippen LogP contribution is -2.44. The predicted octanol–water partition coefficient (Wildman–Crippen LogP) is -1.53. The van der Waals surface area contributed by atoms with E-state index >= 15 is 0 Å². The van der Waals surface area contributed by atoms with Gasteiger partial charge in [-0.2, -0.15) is 0 Å². The number of amides is 2. The number of carbonyl (C=O) groups is 2. The molecular formula is C10H17N5O4. The van der Waals surface area contributed by atoms with E-state index < -0.39 is 11.8 Å². The van der Waals surface area contributed by atoms with Crippen LogP contribution in [0, 0.1) is 0 Å². The van der Waals surface area contributed by atoms with Crippen LogP contribution >= 0.6 is 0 Å². The van der Waals surface area contributed by atoms with Crippen molar-refractivity contribution in [2.45, 2.75) is 0 Å². The molecular weight excluding hydrogens is 254 g/mol. The zero-order valence-corrected chi connectivity index (χ0v) is 10.9. The molecule has 0 radical (unpaired) electrons. The minimum Gasteiger partial charge on any atom is -0.383 e. The topological polar surface area (TPSA) is 98.6 Å². The fourth-order valence-electron chi connectivity index (χ4n) is 1.28. The Balaban J connectivity index is 2.55. The minimum atomic E-state index is -0.771. The Morgan fingerprint density at radius 1 is 1.16 bits per heavy atom. The minimum absolute atomic E-state index is 0.314. The number of nitrogens with zero attached hydrogens (tertiary/aromatic N) is 4. The summed E-state index contributed by atoms with van der Waals surface area (Å²) in [5.74, 6) is -1.44. The number of carbonyl (C=O) groups excluding carboxylic acids is 2. The predicted molar refractivity (Wildman–Crippen MR) is 64.7 cm³/mol. The summed E-state index contributed by atoms with van der Waals surface area (Å²) in [5, 5.41) is 7.02. The molecule has 0 unspecified atom stereocenters. The number of aromatic nitrogens is 3. The van der Waals surface area contributed by atoms with Crippen molar-refractivity contribution in [1.29, 1.82) is 0 Å². The third-order valence-corrected chi connectivity index (χ3v) is 2.26. The van der Waals surface area contributed by atoms with Gasteiger partial charge in [-0.25, -0.2) is 4.68 Å². The van der Waals surface area contributed by atoms with E-state index in [0.717, 1.165) is 0 Å². The molecule has 0 aliphatic heterocycles. The van der Waals surface area contributed by atoms with Crippen LogP contribution < -0.4 is 5.43 Å². The largest absolute Gasteiger partial charge is 0.383 e. The number of nitrogens with one attached hydrogen (secondary N) is 1. The first-order valence-electron chi connectivity index (χ1n) is 5.61. The van der Waals surface area contributed by atoms with Crippen molar-refractivity contribution in [2.75, 3.05) is 45.9 Å². The molecule has 0 fully saturated rings. The van der Waals surface area contributed by atoms with Crippen LogP contribution in [-0.2, 0) is 19.1 Å². The lowest BCUT2D eigenvalue weighted by Gasteiger charge is -2.21. The molecule has 9 nitrogen and oxygen atoms in total. The normalized spacial score (nSPS) is 10.2. The average Bonchev–Trinajstić information content (AvgIpc) is 2.91. The Morgan fingerprint density at radius 2 is 1.68 bits per heavy atom. The first kappa shape index (κ1) is 15.1. The molecule has 0 saturated heterocycles. The van der Waals surface area contributed by atoms with Crippen LogP contribution in [0.15, 0.2) is 12.7 Å². The van der Waals surface area contributed by atoms with Gasteiger partial charge in [-0.1, -0.05) is 0 Å². The van der Waals surface area contributed by atoms with Crippen LogP contribution in [0.1, 0.15) is 0 Å². The van der Waals surface area contributed by atoms with Crippen molar-refractivity contribution < 1.29 is 19.1 Å². The van der Waals surface area contributed by atoms with Crippen molar-refractivity contribution in [1.82, 2.24) is 19.8 Å². The van der Waals surface area contributed by atoms with E-state index in [4.69, 9.17) is 9.47 Å². The van der Waals surface area contributed by atoms with E-state index in [1.54, 1.807) is 0 Å². The van der Waals surface area contributed by atoms with E-state index in [0.29, 0.717) is 26.3 Å². The molecule has 0 saturated carbocycles. The molecule has 1 heterocycles. The van der Waals surface area contributed by atoms with Gasteiger partial charge in [0.05, 0.1) is 13.2 Å². The highest BCUT2D eigenvalue weighted by Gasteiger charge is 2.21. The summed E-state index contributed by atoms with van der Waals surface area (Å²) in [4.78, 5) is 25.0. The third kappa shape index (κ3) is 5.02. The average molecular weight is 271 g/mol. The molecule has 1 rings (SSSR count). The number of methoxy groups -OCH3 is 2. The second-order valence-electron chi connectivity index (χ2n) is 3.59. The number of hydrogen-bond acceptors (Lipinski definition) is 6. The fourth-order valence-corrected chi connectivity index (χ4v) is 1.28. The van der Waals surface area contributed by atoms with Gasteiger partial charge in [-0.3, -0.25) is 15.0 Å². The van der Waals surface area contributed by atoms with Crippen LogP contribution in [0.4, 0.5) is 0 Å². The van der Waals surface area contributed by atoms with Crippen LogP contribution in [0.25, 0.3) is 0 Å². The zero-order valence-electron chi connectivity index (χ0n) is 10.9. The first-order chi connectivity index (χ1) is 9.19. The molecule has 0 bridgehead atoms. The van der Waals surface area contributed by atoms with Crippen molar-refractivity contribution in [3.63, 3.8) is 0 Å². The SMILES string of the molecule is COCCN(CCOC)C(=O)C(=O)Nn1cnnc1. The maximum absolute atomic E-state index is 11.9. The van der Waals surface area contributed by atoms with Crippen molar-refractivity contribution in [3.8, 4) is 0 Å². The van der Waals surface area contributed by atoms with Crippen molar-refractivity contribution in [2.24, 2.45) is 0 Å². The number of ether oxygens (including phenoxy) is 2. The first-order valence-corrected chi connectivity index (χ1v) is 5.61. The molecule has 0 aliphatic rings. The van der Waals surface area contributed by atoms with E-state index in [9.17, 15) is 9.59 Å². The van der Waals surface area contributed by atoms with Gasteiger partial charge in [0, 0.05) is 27.3 Å². The van der Waals surface area contributed by atoms with Crippen molar-refractivity contribution >= 4 is 11.8 Å². The third-order valence-electron chi connectivity index (χ3n) is 2.26. The summed E-state index contributed by atoms with van der Waals surface area (Å²) in [6, 6.07) is 0. The van der Waals surface area contributed by atoms with Crippen molar-refractivity contribution in [3.05, 3.63) is 12.7 Å². The van der Waals surface area contributed by atoms with Crippen LogP contribution in [0.3, 0.4) is 0 Å². The highest BCUT2D eigenvalue weighted by atomic mass is 16.5. The smallest absolute Gasteiger partial charge is 0.328 e. The number of rotatable bonds is 7. The molecule has 0 spiro atoms. The van der Waals surface area contributed by atoms with E-state index in [-0.39, 0.29) is 0 Å². The highest BCUT2D eigenvalue weighted by molar-refractivity contribution is 6.38. The molecule has 1 N–H and O–H groups in total. The van der Waals surface area contributed by atoms with Gasteiger partial charge in [0.1, 0.15) is 12.7 Å². The molecule has 106 valence electrons. The Hall–Kier alpha value is -2.00. The lowest BCUT2D eigenvalue weighted by molar-refractivity contribution is -0.144. The Bertz CT molecular complexity index is 387. The molecule has 9 heteroatoms. The quantitative estimate of drug-likeness (QED) is 0.604. The fraction of sp³-hybridized carbons (Fsp3) is 0.600. The molecule has 2 amide bonds. The van der Waals surface area contributed by atoms with Gasteiger partial charge in [0.2, 0.25) is 0 Å². The van der Waals surface area contributed by atoms with Gasteiger partial charge < -0.3 is 14.4 Å². The summed E-state index contributed by atoms with van der Waals surface area (Å²) in [5.41, 5.74) is 2.33. The summed E-state index contributed by atoms with van der Waals surface area (Å²) in [6.45, 7) is 1.31. The molecule has 1 aromatic rings. The summed E-state index contributed by atoms with van der Waals surface area (Å²) in [6.07, 6.45) is 2.56. The molecule has 0 aromatic carbocycles. The van der Waals surface area contributed by atoms with Gasteiger partial charge in [-0.05, 0) is 0 Å². The van der Waals surface area contributed by atoms with Gasteiger partial charge in [0.15, 0.2) is 0 Å². The lowest BCUT2D eigenvalue weighted by atomic mass is 10.4. The monoisotopic (exact) mass is 271 g/mol. The zero-order chi connectivity index (χ0) is 14.1. The maximum Gasteiger partial charge on any atom is 0.328 e. The van der Waals surface area contributed by atoms with E-state index in [1.807, 2.05) is 0 Å². The van der Waals surface area contributed by atoms with E-state index in [2.05, 4.69) is 15.6 Å². The molecule has 0 aliphatic carbocycles. The van der Waals surface area contributed by atoms with E-state index in [1.165, 1.54) is 36.5 Å². The molecule has 19 heavy (non-hydrogen) atoms. The molecule has 0 atom stereocenters. The van der Waals surface area contributed by atoms with Crippen LogP contribution in [0.2, 0.25) is 0 Å². The van der Waals surface area contributed by atoms with Crippen LogP contribution in [0.5, 0.6) is 0 Å². The Morgan fingerprint density at radius 3 is 2.16 bits per heavy atom. The standard InChI is InChI=1S/C10H17N5O4/c1-18-5-3-14(4-6-19-2)10(17)9(16)13-15-7-11-12-8-15/h7-8H,3-6H2,1-2H3,(H,13,16). The second-order valence-corrected chi connectivity index (χ2v) is 3.59. The maximum atomic E-state index is 11.9. The van der Waals surface area contributed by atoms with Gasteiger partial charge in [-0.15, -0.1) is 10.2 Å². The second kappa shape index (κ2) is 8.16. The highest BCUT2D eigenvalue weighted by Crippen LogP contribution is 1.92. The Labute approximate surface area is 110 Å². The van der Waals surface area contributed by atoms with Crippen LogP contribution in [-0.4, -0.2) is 72.1 Å². The van der Waals surface area contributed by atoms with Gasteiger partial charge >= 0.3 is 11.8 Å². The summed E-state index contributed by atoms with van der Waals surface area (Å²) >= 11 is 0. The molecule has 1 aromatic heterocycles. The summed E-state index contributed by atoms with van der Waals surface area (Å²) < 4.78 is 11.0. The number of hydrogen-bond donors (Lipinski definition) is 1.